The van der Waals surface area contributed by atoms with Crippen molar-refractivity contribution in [2.75, 3.05) is 20.3 Å². The van der Waals surface area contributed by atoms with E-state index in [9.17, 15) is 9.59 Å². The third kappa shape index (κ3) is 5.34. The zero-order chi connectivity index (χ0) is 17.4. The highest BCUT2D eigenvalue weighted by molar-refractivity contribution is 5.83. The quantitative estimate of drug-likeness (QED) is 0.374. The lowest BCUT2D eigenvalue weighted by atomic mass is 10.1. The maximum absolute atomic E-state index is 12.1. The first-order chi connectivity index (χ1) is 11.7. The van der Waals surface area contributed by atoms with Crippen LogP contribution in [0, 0.1) is 0 Å². The molecule has 0 bridgehead atoms. The van der Waals surface area contributed by atoms with Gasteiger partial charge < -0.3 is 9.47 Å². The van der Waals surface area contributed by atoms with E-state index in [4.69, 9.17) is 9.47 Å². The molecule has 2 rings (SSSR count). The van der Waals surface area contributed by atoms with Crippen molar-refractivity contribution in [2.45, 2.75) is 51.1 Å². The Kier molecular flexibility index (Phi) is 7.25. The number of methoxy groups -OCH3 is 1. The van der Waals surface area contributed by atoms with E-state index in [-0.39, 0.29) is 18.0 Å². The lowest BCUT2D eigenvalue weighted by Gasteiger charge is -2.16. The van der Waals surface area contributed by atoms with Crippen LogP contribution in [0.25, 0.3) is 0 Å². The van der Waals surface area contributed by atoms with Gasteiger partial charge in [0, 0.05) is 6.54 Å². The summed E-state index contributed by atoms with van der Waals surface area (Å²) in [6.45, 7) is 3.17. The molecule has 1 aliphatic heterocycles. The van der Waals surface area contributed by atoms with Crippen molar-refractivity contribution >= 4 is 11.9 Å². The van der Waals surface area contributed by atoms with Gasteiger partial charge in [-0.15, -0.1) is 0 Å². The second kappa shape index (κ2) is 9.42. The van der Waals surface area contributed by atoms with Crippen LogP contribution < -0.4 is 0 Å². The lowest BCUT2D eigenvalue weighted by molar-refractivity contribution is -0.147. The normalized spacial score (nSPS) is 20.2. The number of esters is 2. The highest BCUT2D eigenvalue weighted by atomic mass is 16.5. The minimum Gasteiger partial charge on any atom is -0.468 e. The number of rotatable bonds is 10. The van der Waals surface area contributed by atoms with E-state index < -0.39 is 6.04 Å². The Labute approximate surface area is 143 Å². The van der Waals surface area contributed by atoms with E-state index in [1.807, 2.05) is 35.2 Å². The fourth-order valence-electron chi connectivity index (χ4n) is 2.81. The standard InChI is InChI=1S/C19H27NO4/c1-3-4-5-9-12-24-19(22)17-14-20(17)16(18(21)23-2)13-15-10-7-6-8-11-15/h6-8,10-11,16-17H,3-5,9,12-14H2,1-2H3/t16-,17-,20?/m1/s1. The van der Waals surface area contributed by atoms with Crippen LogP contribution in [-0.2, 0) is 25.5 Å². The number of carbonyl (C=O) groups excluding carboxylic acids is 2. The molecule has 5 heteroatoms. The van der Waals surface area contributed by atoms with Gasteiger partial charge in [-0.2, -0.15) is 0 Å². The summed E-state index contributed by atoms with van der Waals surface area (Å²) < 4.78 is 10.2. The fourth-order valence-corrected chi connectivity index (χ4v) is 2.81. The van der Waals surface area contributed by atoms with Gasteiger partial charge >= 0.3 is 11.9 Å². The lowest BCUT2D eigenvalue weighted by Crippen LogP contribution is -2.35. The Morgan fingerprint density at radius 1 is 1.21 bits per heavy atom. The van der Waals surface area contributed by atoms with Crippen LogP contribution >= 0.6 is 0 Å². The molecule has 1 saturated heterocycles. The molecule has 0 radical (unpaired) electrons. The van der Waals surface area contributed by atoms with Gasteiger partial charge in [0.2, 0.25) is 0 Å². The van der Waals surface area contributed by atoms with Gasteiger partial charge in [-0.25, -0.2) is 0 Å². The average Bonchev–Trinajstić information content (AvgIpc) is 3.40. The highest BCUT2D eigenvalue weighted by Gasteiger charge is 2.48. The van der Waals surface area contributed by atoms with Crippen molar-refractivity contribution in [1.29, 1.82) is 0 Å². The first-order valence-corrected chi connectivity index (χ1v) is 8.71. The summed E-state index contributed by atoms with van der Waals surface area (Å²) in [6.07, 6.45) is 4.83. The van der Waals surface area contributed by atoms with Gasteiger partial charge in [0.15, 0.2) is 0 Å². The van der Waals surface area contributed by atoms with Gasteiger partial charge in [0.25, 0.3) is 0 Å². The van der Waals surface area contributed by atoms with E-state index in [2.05, 4.69) is 6.92 Å². The summed E-state index contributed by atoms with van der Waals surface area (Å²) in [5, 5.41) is 0. The van der Waals surface area contributed by atoms with Crippen molar-refractivity contribution < 1.29 is 19.1 Å². The molecule has 0 aliphatic carbocycles. The predicted molar refractivity (Wildman–Crippen MR) is 91.5 cm³/mol. The average molecular weight is 333 g/mol. The first kappa shape index (κ1) is 18.5. The molecule has 1 fully saturated rings. The summed E-state index contributed by atoms with van der Waals surface area (Å²) in [5.74, 6) is -0.537. The maximum atomic E-state index is 12.1. The van der Waals surface area contributed by atoms with Crippen LogP contribution in [0.2, 0.25) is 0 Å². The molecular formula is C19H27NO4. The molecule has 0 N–H and O–H groups in total. The molecule has 132 valence electrons. The largest absolute Gasteiger partial charge is 0.468 e. The summed E-state index contributed by atoms with van der Waals surface area (Å²) in [7, 11) is 1.38. The molecule has 1 heterocycles. The van der Waals surface area contributed by atoms with Crippen molar-refractivity contribution in [1.82, 2.24) is 4.90 Å². The van der Waals surface area contributed by atoms with E-state index >= 15 is 0 Å². The zero-order valence-electron chi connectivity index (χ0n) is 14.6. The SMILES string of the molecule is CCCCCCOC(=O)[C@H]1CN1[C@H](Cc1ccccc1)C(=O)OC. The zero-order valence-corrected chi connectivity index (χ0v) is 14.6. The molecule has 24 heavy (non-hydrogen) atoms. The Morgan fingerprint density at radius 3 is 2.62 bits per heavy atom. The van der Waals surface area contributed by atoms with Crippen LogP contribution in [0.15, 0.2) is 30.3 Å². The molecule has 1 unspecified atom stereocenters. The minimum absolute atomic E-state index is 0.228. The van der Waals surface area contributed by atoms with E-state index in [1.54, 1.807) is 0 Å². The minimum atomic E-state index is -0.435. The van der Waals surface area contributed by atoms with Gasteiger partial charge in [-0.05, 0) is 18.4 Å². The number of ether oxygens (including phenoxy) is 2. The molecule has 5 nitrogen and oxygen atoms in total. The molecule has 0 aromatic heterocycles. The third-order valence-electron chi connectivity index (χ3n) is 4.31. The van der Waals surface area contributed by atoms with Gasteiger partial charge in [-0.3, -0.25) is 14.5 Å². The number of hydrogen-bond acceptors (Lipinski definition) is 5. The van der Waals surface area contributed by atoms with Gasteiger partial charge in [0.1, 0.15) is 12.1 Å². The number of unbranched alkanes of at least 4 members (excludes halogenated alkanes) is 3. The molecule has 0 spiro atoms. The van der Waals surface area contributed by atoms with Crippen LogP contribution in [0.5, 0.6) is 0 Å². The predicted octanol–water partition coefficient (Wildman–Crippen LogP) is 2.58. The Morgan fingerprint density at radius 2 is 1.96 bits per heavy atom. The Balaban J connectivity index is 1.84. The van der Waals surface area contributed by atoms with Crippen LogP contribution in [0.1, 0.15) is 38.2 Å². The van der Waals surface area contributed by atoms with Crippen molar-refractivity contribution in [3.63, 3.8) is 0 Å². The molecule has 1 aromatic rings. The van der Waals surface area contributed by atoms with Crippen LogP contribution in [-0.4, -0.2) is 49.2 Å². The smallest absolute Gasteiger partial charge is 0.324 e. The molecule has 3 atom stereocenters. The van der Waals surface area contributed by atoms with Gasteiger partial charge in [-0.1, -0.05) is 56.5 Å². The second-order valence-electron chi connectivity index (χ2n) is 6.17. The Hall–Kier alpha value is -1.88. The number of hydrogen-bond donors (Lipinski definition) is 0. The van der Waals surface area contributed by atoms with Gasteiger partial charge in [0.05, 0.1) is 13.7 Å². The van der Waals surface area contributed by atoms with Crippen molar-refractivity contribution in [3.05, 3.63) is 35.9 Å². The van der Waals surface area contributed by atoms with Crippen LogP contribution in [0.3, 0.4) is 0 Å². The van der Waals surface area contributed by atoms with E-state index in [0.717, 1.165) is 31.2 Å². The monoisotopic (exact) mass is 333 g/mol. The third-order valence-corrected chi connectivity index (χ3v) is 4.31. The molecule has 0 saturated carbocycles. The number of benzene rings is 1. The number of nitrogens with zero attached hydrogens (tertiary/aromatic N) is 1. The summed E-state index contributed by atoms with van der Waals surface area (Å²) >= 11 is 0. The van der Waals surface area contributed by atoms with Crippen LogP contribution in [0.4, 0.5) is 0 Å². The van der Waals surface area contributed by atoms with Crippen molar-refractivity contribution in [3.8, 4) is 0 Å². The molecule has 0 amide bonds. The molecule has 1 aliphatic rings. The summed E-state index contributed by atoms with van der Waals surface area (Å²) in [6, 6.07) is 9.01. The second-order valence-corrected chi connectivity index (χ2v) is 6.17. The van der Waals surface area contributed by atoms with Crippen molar-refractivity contribution in [2.24, 2.45) is 0 Å². The highest BCUT2D eigenvalue weighted by Crippen LogP contribution is 2.26. The topological polar surface area (TPSA) is 55.6 Å². The van der Waals surface area contributed by atoms with E-state index in [0.29, 0.717) is 19.6 Å². The Bertz CT molecular complexity index is 531. The summed E-state index contributed by atoms with van der Waals surface area (Å²) in [5.41, 5.74) is 1.05. The molecule has 1 aromatic carbocycles. The fraction of sp³-hybridized carbons (Fsp3) is 0.579. The maximum Gasteiger partial charge on any atom is 0.324 e. The number of carbonyl (C=O) groups is 2. The summed E-state index contributed by atoms with van der Waals surface area (Å²) in [4.78, 5) is 26.0. The molecular weight excluding hydrogens is 306 g/mol. The first-order valence-electron chi connectivity index (χ1n) is 8.71. The van der Waals surface area contributed by atoms with E-state index in [1.165, 1.54) is 7.11 Å².